The number of likely N-dealkylation sites (tertiary alicyclic amines) is 1. The Morgan fingerprint density at radius 2 is 1.74 bits per heavy atom. The molecule has 2 aliphatic rings. The second-order valence-electron chi connectivity index (χ2n) is 11.2. The number of nitrogens with one attached hydrogen (secondary N) is 1. The lowest BCUT2D eigenvalue weighted by molar-refractivity contribution is 0.0687. The molecule has 2 aliphatic heterocycles. The van der Waals surface area contributed by atoms with Gasteiger partial charge >= 0.3 is 0 Å². The summed E-state index contributed by atoms with van der Waals surface area (Å²) in [5, 5.41) is 10.8. The molecule has 6 nitrogen and oxygen atoms in total. The molecule has 0 spiro atoms. The Kier molecular flexibility index (Phi) is 9.13. The van der Waals surface area contributed by atoms with Crippen LogP contribution in [0.2, 0.25) is 0 Å². The van der Waals surface area contributed by atoms with Crippen LogP contribution < -0.4 is 0 Å². The van der Waals surface area contributed by atoms with Crippen LogP contribution in [0.25, 0.3) is 21.5 Å². The Labute approximate surface area is 266 Å². The van der Waals surface area contributed by atoms with E-state index in [1.807, 2.05) is 24.3 Å². The molecule has 1 atom stereocenters. The minimum Gasteiger partial charge on any atom is -0.508 e. The number of aromatic hydroxyl groups is 1. The zero-order valence-corrected chi connectivity index (χ0v) is 26.1. The summed E-state index contributed by atoms with van der Waals surface area (Å²) in [6, 6.07) is 21.6. The number of phenolic OH excluding ortho intramolecular Hbond substituents is 1. The molecule has 1 amide bonds. The van der Waals surface area contributed by atoms with E-state index in [4.69, 9.17) is 4.98 Å². The smallest absolute Gasteiger partial charge is 0.265 e. The van der Waals surface area contributed by atoms with Gasteiger partial charge in [-0.3, -0.25) is 4.79 Å². The predicted octanol–water partition coefficient (Wildman–Crippen LogP) is 7.58. The molecule has 1 saturated heterocycles. The number of imidazole rings is 1. The number of benzene rings is 3. The molecule has 0 saturated carbocycles. The van der Waals surface area contributed by atoms with Gasteiger partial charge in [-0.1, -0.05) is 36.4 Å². The van der Waals surface area contributed by atoms with Crippen LogP contribution in [0, 0.1) is 5.82 Å². The Morgan fingerprint density at radius 1 is 1.00 bits per heavy atom. The molecule has 224 valence electrons. The summed E-state index contributed by atoms with van der Waals surface area (Å²) < 4.78 is 14.4. The minimum absolute atomic E-state index is 0. The average molecular weight is 640 g/mol. The fourth-order valence-corrected chi connectivity index (χ4v) is 7.40. The van der Waals surface area contributed by atoms with E-state index in [1.54, 1.807) is 4.90 Å². The Hall–Kier alpha value is -3.43. The molecule has 5 aromatic rings. The quantitative estimate of drug-likeness (QED) is 0.208. The number of carbonyl (C=O) groups excluding carboxylic acids is 1. The number of piperidine rings is 1. The van der Waals surface area contributed by atoms with Crippen molar-refractivity contribution in [3.8, 4) is 16.2 Å². The Bertz CT molecular complexity index is 1710. The zero-order chi connectivity index (χ0) is 28.1. The normalized spacial score (nSPS) is 16.4. The van der Waals surface area contributed by atoms with Gasteiger partial charge in [0.25, 0.3) is 5.91 Å². The first-order valence-corrected chi connectivity index (χ1v) is 14.9. The molecule has 1 unspecified atom stereocenters. The van der Waals surface area contributed by atoms with Crippen molar-refractivity contribution in [1.29, 1.82) is 0 Å². The molecule has 0 bridgehead atoms. The van der Waals surface area contributed by atoms with Gasteiger partial charge in [-0.15, -0.1) is 36.2 Å². The van der Waals surface area contributed by atoms with Gasteiger partial charge in [0, 0.05) is 17.0 Å². The van der Waals surface area contributed by atoms with E-state index in [-0.39, 0.29) is 36.5 Å². The van der Waals surface area contributed by atoms with Gasteiger partial charge in [0.05, 0.1) is 15.9 Å². The monoisotopic (exact) mass is 638 g/mol. The van der Waals surface area contributed by atoms with Crippen LogP contribution in [-0.4, -0.2) is 57.5 Å². The molecule has 10 heteroatoms. The van der Waals surface area contributed by atoms with Crippen LogP contribution in [0.5, 0.6) is 5.75 Å². The summed E-state index contributed by atoms with van der Waals surface area (Å²) in [6.07, 6.45) is 3.03. The topological polar surface area (TPSA) is 72.5 Å². The minimum atomic E-state index is -0.766. The number of amides is 1. The number of phenols is 1. The number of aromatic nitrogens is 2. The van der Waals surface area contributed by atoms with E-state index in [9.17, 15) is 14.3 Å². The third kappa shape index (κ3) is 5.89. The number of halogens is 3. The second kappa shape index (κ2) is 12.7. The maximum absolute atomic E-state index is 14.4. The molecule has 0 radical (unpaired) electrons. The molecular formula is C33H33Cl2FN4O2S. The molecule has 1 fully saturated rings. The van der Waals surface area contributed by atoms with Gasteiger partial charge in [0.1, 0.15) is 23.4 Å². The summed E-state index contributed by atoms with van der Waals surface area (Å²) in [5.74, 6) is 0.393. The number of hydrogen-bond acceptors (Lipinski definition) is 5. The van der Waals surface area contributed by atoms with Gasteiger partial charge in [-0.05, 0) is 98.4 Å². The number of thiophene rings is 1. The maximum Gasteiger partial charge on any atom is 0.265 e. The Balaban J connectivity index is 0.00000184. The highest BCUT2D eigenvalue weighted by Crippen LogP contribution is 2.41. The molecule has 7 rings (SSSR count). The SMILES string of the molecule is CN1CCC(c2ccc(-c3cc4c(s3)C(=O)N(C(c3nc5ccccc5[nH]3)c3cc(F)ccc3O)CC4)cc2)CC1.Cl.Cl. The highest BCUT2D eigenvalue weighted by molar-refractivity contribution is 7.17. The standard InChI is InChI=1S/C33H31FN4O2S.2ClH/c1-37-15-12-21(13-16-37)20-6-8-22(9-7-20)29-18-23-14-17-38(33(40)31(23)41-29)30(25-19-24(34)10-11-28(25)39)32-35-26-4-2-3-5-27(26)36-32;;/h2-11,18-19,21,30,39H,12-17H2,1H3,(H,35,36);2*1H. The number of aromatic amines is 1. The van der Waals surface area contributed by atoms with Crippen molar-refractivity contribution in [1.82, 2.24) is 19.8 Å². The van der Waals surface area contributed by atoms with E-state index in [2.05, 4.69) is 47.3 Å². The van der Waals surface area contributed by atoms with Crippen molar-refractivity contribution < 1.29 is 14.3 Å². The third-order valence-corrected chi connectivity index (χ3v) is 9.75. The van der Waals surface area contributed by atoms with E-state index < -0.39 is 11.9 Å². The van der Waals surface area contributed by atoms with Gasteiger partial charge < -0.3 is 19.9 Å². The van der Waals surface area contributed by atoms with Crippen LogP contribution in [0.15, 0.2) is 72.8 Å². The fraction of sp³-hybridized carbons (Fsp3) is 0.273. The highest BCUT2D eigenvalue weighted by atomic mass is 35.5. The van der Waals surface area contributed by atoms with Crippen molar-refractivity contribution in [3.63, 3.8) is 0 Å². The van der Waals surface area contributed by atoms with Crippen molar-refractivity contribution in [2.24, 2.45) is 0 Å². The summed E-state index contributed by atoms with van der Waals surface area (Å²) in [4.78, 5) is 28.0. The van der Waals surface area contributed by atoms with E-state index >= 15 is 0 Å². The molecule has 0 aliphatic carbocycles. The largest absolute Gasteiger partial charge is 0.508 e. The number of H-pyrrole nitrogens is 1. The van der Waals surface area contributed by atoms with E-state index in [1.165, 1.54) is 47.9 Å². The van der Waals surface area contributed by atoms with E-state index in [0.29, 0.717) is 35.1 Å². The molecule has 2 aromatic heterocycles. The van der Waals surface area contributed by atoms with Crippen LogP contribution in [0.1, 0.15) is 57.0 Å². The predicted molar refractivity (Wildman–Crippen MR) is 174 cm³/mol. The average Bonchev–Trinajstić information content (AvgIpc) is 3.62. The fourth-order valence-electron chi connectivity index (χ4n) is 6.23. The van der Waals surface area contributed by atoms with Crippen molar-refractivity contribution in [2.75, 3.05) is 26.7 Å². The summed E-state index contributed by atoms with van der Waals surface area (Å²) in [7, 11) is 2.18. The number of rotatable bonds is 5. The summed E-state index contributed by atoms with van der Waals surface area (Å²) in [5.41, 5.74) is 5.39. The molecule has 4 heterocycles. The third-order valence-electron chi connectivity index (χ3n) is 8.53. The second-order valence-corrected chi connectivity index (χ2v) is 12.2. The molecule has 2 N–H and O–H groups in total. The lowest BCUT2D eigenvalue weighted by atomic mass is 9.89. The number of nitrogens with zero attached hydrogens (tertiary/aromatic N) is 3. The first-order chi connectivity index (χ1) is 19.9. The van der Waals surface area contributed by atoms with E-state index in [0.717, 1.165) is 40.1 Å². The van der Waals surface area contributed by atoms with Crippen molar-refractivity contribution >= 4 is 53.1 Å². The maximum atomic E-state index is 14.4. The van der Waals surface area contributed by atoms with Crippen LogP contribution in [0.3, 0.4) is 0 Å². The Morgan fingerprint density at radius 3 is 2.49 bits per heavy atom. The number of carbonyl (C=O) groups is 1. The molecular weight excluding hydrogens is 606 g/mol. The lowest BCUT2D eigenvalue weighted by Crippen LogP contribution is -2.40. The van der Waals surface area contributed by atoms with Crippen molar-refractivity contribution in [2.45, 2.75) is 31.2 Å². The summed E-state index contributed by atoms with van der Waals surface area (Å²) in [6.45, 7) is 2.69. The first-order valence-electron chi connectivity index (χ1n) is 14.1. The van der Waals surface area contributed by atoms with Crippen molar-refractivity contribution in [3.05, 3.63) is 106 Å². The van der Waals surface area contributed by atoms with Crippen LogP contribution in [-0.2, 0) is 6.42 Å². The number of para-hydroxylation sites is 2. The zero-order valence-electron chi connectivity index (χ0n) is 23.6. The van der Waals surface area contributed by atoms with Crippen LogP contribution in [0.4, 0.5) is 4.39 Å². The van der Waals surface area contributed by atoms with Gasteiger partial charge in [-0.25, -0.2) is 9.37 Å². The van der Waals surface area contributed by atoms with Gasteiger partial charge in [0.2, 0.25) is 0 Å². The number of hydrogen-bond donors (Lipinski definition) is 2. The molecule has 43 heavy (non-hydrogen) atoms. The first kappa shape index (κ1) is 31.0. The number of fused-ring (bicyclic) bond motifs is 2. The summed E-state index contributed by atoms with van der Waals surface area (Å²) >= 11 is 1.50. The lowest BCUT2D eigenvalue weighted by Gasteiger charge is -2.34. The van der Waals surface area contributed by atoms with Gasteiger partial charge in [-0.2, -0.15) is 0 Å². The van der Waals surface area contributed by atoms with Crippen LogP contribution >= 0.6 is 36.2 Å². The van der Waals surface area contributed by atoms with Gasteiger partial charge in [0.15, 0.2) is 0 Å². The molecule has 3 aromatic carbocycles. The highest BCUT2D eigenvalue weighted by Gasteiger charge is 2.36.